The molecule has 0 bridgehead atoms. The fourth-order valence-corrected chi connectivity index (χ4v) is 2.36. The zero-order chi connectivity index (χ0) is 14.8. The number of piperidine rings is 1. The normalized spacial score (nSPS) is 19.8. The molecule has 0 unspecified atom stereocenters. The van der Waals surface area contributed by atoms with Gasteiger partial charge in [0.25, 0.3) is 0 Å². The molecule has 20 heavy (non-hydrogen) atoms. The molecule has 1 aromatic heterocycles. The predicted octanol–water partition coefficient (Wildman–Crippen LogP) is 3.04. The lowest BCUT2D eigenvalue weighted by atomic mass is 9.96. The Morgan fingerprint density at radius 2 is 2.00 bits per heavy atom. The van der Waals surface area contributed by atoms with Gasteiger partial charge in [0.15, 0.2) is 0 Å². The first-order valence-electron chi connectivity index (χ1n) is 7.24. The highest BCUT2D eigenvalue weighted by molar-refractivity contribution is 5.89. The summed E-state index contributed by atoms with van der Waals surface area (Å²) in [4.78, 5) is 22.7. The van der Waals surface area contributed by atoms with Crippen LogP contribution in [-0.2, 0) is 5.41 Å². The number of anilines is 1. The van der Waals surface area contributed by atoms with Gasteiger partial charge in [-0.15, -0.1) is 0 Å². The third kappa shape index (κ3) is 3.68. The highest BCUT2D eigenvalue weighted by atomic mass is 16.2. The van der Waals surface area contributed by atoms with Crippen molar-refractivity contribution < 1.29 is 4.79 Å². The topological polar surface area (TPSA) is 58.1 Å². The van der Waals surface area contributed by atoms with E-state index >= 15 is 0 Å². The molecule has 2 amide bonds. The Kier molecular flexibility index (Phi) is 4.26. The van der Waals surface area contributed by atoms with Crippen molar-refractivity contribution in [3.8, 4) is 0 Å². The first-order chi connectivity index (χ1) is 9.36. The maximum absolute atomic E-state index is 12.2. The number of nitrogens with zero attached hydrogens (tertiary/aromatic N) is 3. The molecular formula is C15H24N4O. The van der Waals surface area contributed by atoms with Crippen LogP contribution in [0.4, 0.5) is 10.5 Å². The molecule has 5 nitrogen and oxygen atoms in total. The standard InChI is InChI=1S/C15H24N4O/c1-11-6-5-7-19(10-11)14(20)18-12-8-16-13(17-9-12)15(2,3)4/h8-9,11H,5-7,10H2,1-4H3,(H,18,20)/t11-/m0/s1. The van der Waals surface area contributed by atoms with E-state index in [2.05, 4.69) is 43.0 Å². The van der Waals surface area contributed by atoms with Crippen LogP contribution in [-0.4, -0.2) is 34.0 Å². The van der Waals surface area contributed by atoms with Crippen molar-refractivity contribution in [3.05, 3.63) is 18.2 Å². The number of carbonyl (C=O) groups is 1. The molecule has 1 fully saturated rings. The van der Waals surface area contributed by atoms with Gasteiger partial charge in [0, 0.05) is 18.5 Å². The maximum atomic E-state index is 12.2. The molecule has 0 aromatic carbocycles. The maximum Gasteiger partial charge on any atom is 0.321 e. The number of nitrogens with one attached hydrogen (secondary N) is 1. The van der Waals surface area contributed by atoms with Gasteiger partial charge < -0.3 is 10.2 Å². The summed E-state index contributed by atoms with van der Waals surface area (Å²) in [6.45, 7) is 10.0. The van der Waals surface area contributed by atoms with Crippen molar-refractivity contribution in [2.24, 2.45) is 5.92 Å². The molecule has 0 spiro atoms. The first-order valence-corrected chi connectivity index (χ1v) is 7.24. The molecule has 5 heteroatoms. The lowest BCUT2D eigenvalue weighted by molar-refractivity contribution is 0.182. The molecule has 2 heterocycles. The molecule has 1 aromatic rings. The monoisotopic (exact) mass is 276 g/mol. The minimum atomic E-state index is -0.0785. The van der Waals surface area contributed by atoms with Crippen LogP contribution in [0.5, 0.6) is 0 Å². The second-order valence-corrected chi connectivity index (χ2v) is 6.67. The van der Waals surface area contributed by atoms with Gasteiger partial charge in [0.05, 0.1) is 18.1 Å². The van der Waals surface area contributed by atoms with Crippen molar-refractivity contribution in [2.45, 2.75) is 46.0 Å². The summed E-state index contributed by atoms with van der Waals surface area (Å²) in [5, 5.41) is 2.87. The second-order valence-electron chi connectivity index (χ2n) is 6.67. The van der Waals surface area contributed by atoms with Crippen LogP contribution in [0.1, 0.15) is 46.4 Å². The van der Waals surface area contributed by atoms with Gasteiger partial charge in [-0.05, 0) is 18.8 Å². The lowest BCUT2D eigenvalue weighted by Gasteiger charge is -2.30. The molecule has 1 aliphatic rings. The van der Waals surface area contributed by atoms with Gasteiger partial charge >= 0.3 is 6.03 Å². The second kappa shape index (κ2) is 5.77. The van der Waals surface area contributed by atoms with Crippen LogP contribution in [0.3, 0.4) is 0 Å². The van der Waals surface area contributed by atoms with Crippen LogP contribution >= 0.6 is 0 Å². The minimum absolute atomic E-state index is 0.0522. The zero-order valence-electron chi connectivity index (χ0n) is 12.8. The number of rotatable bonds is 1. The number of amides is 2. The van der Waals surface area contributed by atoms with E-state index in [1.54, 1.807) is 12.4 Å². The van der Waals surface area contributed by atoms with Crippen molar-refractivity contribution >= 4 is 11.7 Å². The largest absolute Gasteiger partial charge is 0.324 e. The average Bonchev–Trinajstić information content (AvgIpc) is 2.38. The first kappa shape index (κ1) is 14.8. The van der Waals surface area contributed by atoms with Crippen LogP contribution in [0.15, 0.2) is 12.4 Å². The Bertz CT molecular complexity index is 464. The zero-order valence-corrected chi connectivity index (χ0v) is 12.8. The SMILES string of the molecule is C[C@H]1CCCN(C(=O)Nc2cnc(C(C)(C)C)nc2)C1. The molecule has 1 N–H and O–H groups in total. The van der Waals surface area contributed by atoms with Gasteiger partial charge in [-0.2, -0.15) is 0 Å². The summed E-state index contributed by atoms with van der Waals surface area (Å²) >= 11 is 0. The number of hydrogen-bond donors (Lipinski definition) is 1. The summed E-state index contributed by atoms with van der Waals surface area (Å²) in [6, 6.07) is -0.0522. The molecule has 2 rings (SSSR count). The van der Waals surface area contributed by atoms with E-state index in [1.165, 1.54) is 6.42 Å². The number of likely N-dealkylation sites (tertiary alicyclic amines) is 1. The highest BCUT2D eigenvalue weighted by Gasteiger charge is 2.21. The van der Waals surface area contributed by atoms with Crippen LogP contribution in [0.25, 0.3) is 0 Å². The third-order valence-corrected chi connectivity index (χ3v) is 3.52. The fraction of sp³-hybridized carbons (Fsp3) is 0.667. The Hall–Kier alpha value is -1.65. The van der Waals surface area contributed by atoms with Gasteiger partial charge in [-0.1, -0.05) is 27.7 Å². The van der Waals surface area contributed by atoms with Crippen LogP contribution < -0.4 is 5.32 Å². The van der Waals surface area contributed by atoms with E-state index in [9.17, 15) is 4.79 Å². The summed E-state index contributed by atoms with van der Waals surface area (Å²) in [5.41, 5.74) is 0.575. The minimum Gasteiger partial charge on any atom is -0.324 e. The van der Waals surface area contributed by atoms with Gasteiger partial charge in [0.1, 0.15) is 5.82 Å². The highest BCUT2D eigenvalue weighted by Crippen LogP contribution is 2.19. The van der Waals surface area contributed by atoms with Crippen molar-refractivity contribution in [3.63, 3.8) is 0 Å². The van der Waals surface area contributed by atoms with Gasteiger partial charge in [0.2, 0.25) is 0 Å². The molecule has 1 atom stereocenters. The summed E-state index contributed by atoms with van der Waals surface area (Å²) in [6.07, 6.45) is 5.64. The van der Waals surface area contributed by atoms with E-state index in [1.807, 2.05) is 4.90 Å². The molecule has 1 aliphatic heterocycles. The Morgan fingerprint density at radius 1 is 1.35 bits per heavy atom. The molecule has 0 radical (unpaired) electrons. The number of carbonyl (C=O) groups excluding carboxylic acids is 1. The average molecular weight is 276 g/mol. The number of hydrogen-bond acceptors (Lipinski definition) is 3. The molecule has 1 saturated heterocycles. The van der Waals surface area contributed by atoms with Gasteiger partial charge in [-0.3, -0.25) is 0 Å². The lowest BCUT2D eigenvalue weighted by Crippen LogP contribution is -2.41. The predicted molar refractivity (Wildman–Crippen MR) is 79.7 cm³/mol. The van der Waals surface area contributed by atoms with Gasteiger partial charge in [-0.25, -0.2) is 14.8 Å². The molecule has 110 valence electrons. The Morgan fingerprint density at radius 3 is 2.55 bits per heavy atom. The van der Waals surface area contributed by atoms with E-state index in [4.69, 9.17) is 0 Å². The van der Waals surface area contributed by atoms with E-state index in [0.717, 1.165) is 25.3 Å². The van der Waals surface area contributed by atoms with Crippen molar-refractivity contribution in [1.82, 2.24) is 14.9 Å². The molecule has 0 aliphatic carbocycles. The third-order valence-electron chi connectivity index (χ3n) is 3.52. The smallest absolute Gasteiger partial charge is 0.321 e. The van der Waals surface area contributed by atoms with E-state index in [-0.39, 0.29) is 11.4 Å². The van der Waals surface area contributed by atoms with Crippen LogP contribution in [0.2, 0.25) is 0 Å². The van der Waals surface area contributed by atoms with Crippen molar-refractivity contribution in [2.75, 3.05) is 18.4 Å². The molecule has 0 saturated carbocycles. The summed E-state index contributed by atoms with van der Waals surface area (Å²) in [5.74, 6) is 1.36. The molecular weight excluding hydrogens is 252 g/mol. The number of aromatic nitrogens is 2. The quantitative estimate of drug-likeness (QED) is 0.857. The van der Waals surface area contributed by atoms with Crippen molar-refractivity contribution in [1.29, 1.82) is 0 Å². The van der Waals surface area contributed by atoms with Crippen LogP contribution in [0, 0.1) is 5.92 Å². The Balaban J connectivity index is 1.97. The Labute approximate surface area is 120 Å². The van der Waals surface area contributed by atoms with E-state index < -0.39 is 0 Å². The van der Waals surface area contributed by atoms with E-state index in [0.29, 0.717) is 11.6 Å². The number of urea groups is 1. The summed E-state index contributed by atoms with van der Waals surface area (Å²) in [7, 11) is 0. The fourth-order valence-electron chi connectivity index (χ4n) is 2.36. The summed E-state index contributed by atoms with van der Waals surface area (Å²) < 4.78 is 0.